The first-order valence-corrected chi connectivity index (χ1v) is 9.72. The Hall–Kier alpha value is -2.46. The Bertz CT molecular complexity index is 966. The highest BCUT2D eigenvalue weighted by atomic mass is 35.5. The van der Waals surface area contributed by atoms with Gasteiger partial charge in [-0.25, -0.2) is 0 Å². The largest absolute Gasteiger partial charge is 0.492 e. The number of carbonyl (C=O) groups excluding carboxylic acids is 1. The second kappa shape index (κ2) is 7.65. The van der Waals surface area contributed by atoms with Crippen LogP contribution in [0.4, 0.5) is 0 Å². The summed E-state index contributed by atoms with van der Waals surface area (Å²) < 4.78 is 7.95. The number of ether oxygens (including phenoxy) is 1. The van der Waals surface area contributed by atoms with Crippen LogP contribution in [-0.4, -0.2) is 35.1 Å². The van der Waals surface area contributed by atoms with Crippen LogP contribution < -0.4 is 4.74 Å². The number of fused-ring (bicyclic) bond motifs is 1. The number of halogens is 1. The van der Waals surface area contributed by atoms with E-state index in [0.717, 1.165) is 35.9 Å². The van der Waals surface area contributed by atoms with Gasteiger partial charge in [-0.05, 0) is 43.2 Å². The van der Waals surface area contributed by atoms with Gasteiger partial charge in [0.25, 0.3) is 5.91 Å². The second-order valence-corrected chi connectivity index (χ2v) is 7.57. The summed E-state index contributed by atoms with van der Waals surface area (Å²) in [7, 11) is 2.00. The van der Waals surface area contributed by atoms with Crippen molar-refractivity contribution in [3.05, 3.63) is 65.3 Å². The molecule has 1 unspecified atom stereocenters. The van der Waals surface area contributed by atoms with Crippen LogP contribution in [-0.2, 0) is 7.05 Å². The van der Waals surface area contributed by atoms with Gasteiger partial charge in [0, 0.05) is 48.7 Å². The molecule has 1 aliphatic heterocycles. The third-order valence-electron chi connectivity index (χ3n) is 5.28. The summed E-state index contributed by atoms with van der Waals surface area (Å²) in [4.78, 5) is 15.1. The molecular weight excluding hydrogens is 360 g/mol. The van der Waals surface area contributed by atoms with Crippen LogP contribution in [0.5, 0.6) is 5.75 Å². The highest BCUT2D eigenvalue weighted by Gasteiger charge is 2.26. The number of aromatic nitrogens is 1. The Morgan fingerprint density at radius 1 is 1.19 bits per heavy atom. The van der Waals surface area contributed by atoms with E-state index in [0.29, 0.717) is 29.8 Å². The van der Waals surface area contributed by atoms with Crippen molar-refractivity contribution < 1.29 is 9.53 Å². The number of benzene rings is 2. The van der Waals surface area contributed by atoms with Crippen LogP contribution in [0.2, 0.25) is 5.02 Å². The Kier molecular flexibility index (Phi) is 5.08. The monoisotopic (exact) mass is 382 g/mol. The molecule has 0 aliphatic carbocycles. The fraction of sp³-hybridized carbons (Fsp3) is 0.318. The van der Waals surface area contributed by atoms with E-state index < -0.39 is 0 Å². The summed E-state index contributed by atoms with van der Waals surface area (Å²) in [6.45, 7) is 2.08. The molecule has 0 bridgehead atoms. The standard InChI is InChI=1S/C22H23ClN2O2/c1-24-13-11-17-18(7-4-9-20(17)24)22(26)25-12-5-6-16(14-25)15-27-21-10-3-2-8-19(21)23/h2-4,7-11,13,16H,5-6,12,14-15H2,1H3. The van der Waals surface area contributed by atoms with Gasteiger partial charge in [-0.15, -0.1) is 0 Å². The number of carbonyl (C=O) groups is 1. The highest BCUT2D eigenvalue weighted by molar-refractivity contribution is 6.32. The molecule has 3 aromatic rings. The lowest BCUT2D eigenvalue weighted by atomic mass is 9.97. The molecule has 2 heterocycles. The quantitative estimate of drug-likeness (QED) is 0.651. The highest BCUT2D eigenvalue weighted by Crippen LogP contribution is 2.27. The lowest BCUT2D eigenvalue weighted by Crippen LogP contribution is -2.41. The summed E-state index contributed by atoms with van der Waals surface area (Å²) >= 11 is 6.17. The molecular formula is C22H23ClN2O2. The van der Waals surface area contributed by atoms with Gasteiger partial charge in [-0.2, -0.15) is 0 Å². The minimum absolute atomic E-state index is 0.106. The van der Waals surface area contributed by atoms with Gasteiger partial charge in [0.2, 0.25) is 0 Å². The predicted octanol–water partition coefficient (Wildman–Crippen LogP) is 4.76. The molecule has 4 rings (SSSR count). The molecule has 0 spiro atoms. The van der Waals surface area contributed by atoms with Crippen LogP contribution in [0.25, 0.3) is 10.9 Å². The summed E-state index contributed by atoms with van der Waals surface area (Å²) in [5, 5.41) is 1.64. The fourth-order valence-electron chi connectivity index (χ4n) is 3.81. The molecule has 140 valence electrons. The minimum atomic E-state index is 0.106. The normalized spacial score (nSPS) is 17.3. The van der Waals surface area contributed by atoms with Crippen molar-refractivity contribution in [3.63, 3.8) is 0 Å². The van der Waals surface area contributed by atoms with E-state index in [1.165, 1.54) is 0 Å². The minimum Gasteiger partial charge on any atom is -0.492 e. The Morgan fingerprint density at radius 3 is 2.89 bits per heavy atom. The van der Waals surface area contributed by atoms with Crippen LogP contribution in [0, 0.1) is 5.92 Å². The van der Waals surface area contributed by atoms with Crippen LogP contribution in [0.1, 0.15) is 23.2 Å². The number of hydrogen-bond acceptors (Lipinski definition) is 2. The number of nitrogens with zero attached hydrogens (tertiary/aromatic N) is 2. The zero-order chi connectivity index (χ0) is 18.8. The van der Waals surface area contributed by atoms with Crippen molar-refractivity contribution in [3.8, 4) is 5.75 Å². The van der Waals surface area contributed by atoms with Crippen molar-refractivity contribution in [1.82, 2.24) is 9.47 Å². The number of piperidine rings is 1. The first kappa shape index (κ1) is 17.9. The topological polar surface area (TPSA) is 34.5 Å². The molecule has 1 aliphatic rings. The Morgan fingerprint density at radius 2 is 2.04 bits per heavy atom. The van der Waals surface area contributed by atoms with Crippen LogP contribution in [0.15, 0.2) is 54.7 Å². The van der Waals surface area contributed by atoms with Crippen molar-refractivity contribution in [2.75, 3.05) is 19.7 Å². The predicted molar refractivity (Wildman–Crippen MR) is 108 cm³/mol. The average Bonchev–Trinajstić information content (AvgIpc) is 3.08. The molecule has 0 N–H and O–H groups in total. The first-order chi connectivity index (χ1) is 13.1. The summed E-state index contributed by atoms with van der Waals surface area (Å²) in [5.74, 6) is 1.12. The molecule has 1 aromatic heterocycles. The maximum atomic E-state index is 13.2. The van der Waals surface area contributed by atoms with Crippen molar-refractivity contribution in [1.29, 1.82) is 0 Å². The van der Waals surface area contributed by atoms with Gasteiger partial charge < -0.3 is 14.2 Å². The number of aryl methyl sites for hydroxylation is 1. The van der Waals surface area contributed by atoms with Crippen LogP contribution in [0.3, 0.4) is 0 Å². The van der Waals surface area contributed by atoms with E-state index in [1.807, 2.05) is 71.2 Å². The van der Waals surface area contributed by atoms with Crippen molar-refractivity contribution in [2.24, 2.45) is 13.0 Å². The van der Waals surface area contributed by atoms with Crippen molar-refractivity contribution >= 4 is 28.4 Å². The maximum absolute atomic E-state index is 13.2. The van der Waals surface area contributed by atoms with E-state index in [4.69, 9.17) is 16.3 Å². The molecule has 27 heavy (non-hydrogen) atoms. The molecule has 0 radical (unpaired) electrons. The molecule has 1 atom stereocenters. The molecule has 5 heteroatoms. The lowest BCUT2D eigenvalue weighted by molar-refractivity contribution is 0.0635. The fourth-order valence-corrected chi connectivity index (χ4v) is 4.00. The number of likely N-dealkylation sites (tertiary alicyclic amines) is 1. The number of amides is 1. The van der Waals surface area contributed by atoms with Crippen LogP contribution >= 0.6 is 11.6 Å². The SMILES string of the molecule is Cn1ccc2c(C(=O)N3CCCC(COc4ccccc4Cl)C3)cccc21. The summed E-state index contributed by atoms with van der Waals surface area (Å²) in [6, 6.07) is 15.5. The van der Waals surface area contributed by atoms with Gasteiger partial charge in [-0.1, -0.05) is 29.8 Å². The summed E-state index contributed by atoms with van der Waals surface area (Å²) in [5.41, 5.74) is 1.86. The van der Waals surface area contributed by atoms with E-state index >= 15 is 0 Å². The van der Waals surface area contributed by atoms with Gasteiger partial charge >= 0.3 is 0 Å². The van der Waals surface area contributed by atoms with Gasteiger partial charge in [0.15, 0.2) is 0 Å². The van der Waals surface area contributed by atoms with Gasteiger partial charge in [0.05, 0.1) is 11.6 Å². The summed E-state index contributed by atoms with van der Waals surface area (Å²) in [6.07, 6.45) is 4.05. The number of hydrogen-bond donors (Lipinski definition) is 0. The molecule has 1 saturated heterocycles. The third kappa shape index (κ3) is 3.67. The van der Waals surface area contributed by atoms with Gasteiger partial charge in [-0.3, -0.25) is 4.79 Å². The second-order valence-electron chi connectivity index (χ2n) is 7.17. The zero-order valence-electron chi connectivity index (χ0n) is 15.4. The number of para-hydroxylation sites is 1. The van der Waals surface area contributed by atoms with E-state index in [9.17, 15) is 4.79 Å². The smallest absolute Gasteiger partial charge is 0.254 e. The zero-order valence-corrected chi connectivity index (χ0v) is 16.2. The molecule has 0 saturated carbocycles. The molecule has 2 aromatic carbocycles. The third-order valence-corrected chi connectivity index (χ3v) is 5.59. The maximum Gasteiger partial charge on any atom is 0.254 e. The Labute approximate surface area is 164 Å². The average molecular weight is 383 g/mol. The van der Waals surface area contributed by atoms with E-state index in [2.05, 4.69) is 0 Å². The van der Waals surface area contributed by atoms with Crippen molar-refractivity contribution in [2.45, 2.75) is 12.8 Å². The van der Waals surface area contributed by atoms with E-state index in [-0.39, 0.29) is 5.91 Å². The van der Waals surface area contributed by atoms with E-state index in [1.54, 1.807) is 0 Å². The number of rotatable bonds is 4. The Balaban J connectivity index is 1.46. The van der Waals surface area contributed by atoms with Gasteiger partial charge in [0.1, 0.15) is 5.75 Å². The molecule has 4 nitrogen and oxygen atoms in total. The molecule has 1 amide bonds. The first-order valence-electron chi connectivity index (χ1n) is 9.34. The lowest BCUT2D eigenvalue weighted by Gasteiger charge is -2.33. The molecule has 1 fully saturated rings.